The van der Waals surface area contributed by atoms with Gasteiger partial charge in [-0.05, 0) is 42.5 Å². The molecule has 0 saturated carbocycles. The monoisotopic (exact) mass is 261 g/mol. The zero-order valence-corrected chi connectivity index (χ0v) is 10.8. The van der Waals surface area contributed by atoms with Crippen molar-refractivity contribution in [3.05, 3.63) is 33.8 Å². The summed E-state index contributed by atoms with van der Waals surface area (Å²) in [6, 6.07) is 5.49. The normalized spacial score (nSPS) is 14.8. The van der Waals surface area contributed by atoms with Crippen LogP contribution in [0.25, 0.3) is 0 Å². The standard InChI is InChI=1S/C12H17Cl2NO/c1-2-8(5-12(16)7-15)9-3-10(13)6-11(14)4-9/h3-4,6,8,12,16H,2,5,7,15H2,1H3. The second-order valence-electron chi connectivity index (χ2n) is 3.93. The first-order valence-corrected chi connectivity index (χ1v) is 6.16. The van der Waals surface area contributed by atoms with Crippen LogP contribution in [-0.4, -0.2) is 17.8 Å². The maximum Gasteiger partial charge on any atom is 0.0668 e. The summed E-state index contributed by atoms with van der Waals surface area (Å²) in [5.74, 6) is 0.245. The molecule has 1 aromatic rings. The van der Waals surface area contributed by atoms with Crippen molar-refractivity contribution in [2.75, 3.05) is 6.54 Å². The van der Waals surface area contributed by atoms with Gasteiger partial charge in [-0.25, -0.2) is 0 Å². The molecule has 2 unspecified atom stereocenters. The molecule has 4 heteroatoms. The molecule has 0 heterocycles. The molecular formula is C12H17Cl2NO. The Morgan fingerprint density at radius 1 is 1.25 bits per heavy atom. The Balaban J connectivity index is 2.86. The molecular weight excluding hydrogens is 245 g/mol. The first kappa shape index (κ1) is 13.8. The van der Waals surface area contributed by atoms with Gasteiger partial charge in [-0.15, -0.1) is 0 Å². The highest BCUT2D eigenvalue weighted by Gasteiger charge is 2.15. The van der Waals surface area contributed by atoms with E-state index in [2.05, 4.69) is 6.92 Å². The van der Waals surface area contributed by atoms with E-state index < -0.39 is 6.10 Å². The number of nitrogens with two attached hydrogens (primary N) is 1. The molecule has 0 amide bonds. The van der Waals surface area contributed by atoms with Crippen LogP contribution in [-0.2, 0) is 0 Å². The Hall–Kier alpha value is -0.280. The van der Waals surface area contributed by atoms with Crippen LogP contribution in [0.4, 0.5) is 0 Å². The molecule has 0 aliphatic heterocycles. The first-order valence-electron chi connectivity index (χ1n) is 5.41. The maximum atomic E-state index is 9.57. The summed E-state index contributed by atoms with van der Waals surface area (Å²) in [6.07, 6.45) is 1.10. The van der Waals surface area contributed by atoms with Crippen LogP contribution in [0.15, 0.2) is 18.2 Å². The molecule has 0 fully saturated rings. The third-order valence-electron chi connectivity index (χ3n) is 2.68. The highest BCUT2D eigenvalue weighted by Crippen LogP contribution is 2.29. The molecule has 90 valence electrons. The third kappa shape index (κ3) is 3.95. The van der Waals surface area contributed by atoms with Gasteiger partial charge >= 0.3 is 0 Å². The van der Waals surface area contributed by atoms with E-state index in [-0.39, 0.29) is 12.5 Å². The summed E-state index contributed by atoms with van der Waals surface area (Å²) >= 11 is 11.9. The van der Waals surface area contributed by atoms with Crippen LogP contribution in [0.1, 0.15) is 31.2 Å². The lowest BCUT2D eigenvalue weighted by molar-refractivity contribution is 0.162. The molecule has 0 aliphatic carbocycles. The van der Waals surface area contributed by atoms with Gasteiger partial charge in [-0.3, -0.25) is 0 Å². The lowest BCUT2D eigenvalue weighted by Gasteiger charge is -2.19. The third-order valence-corrected chi connectivity index (χ3v) is 3.11. The van der Waals surface area contributed by atoms with Crippen molar-refractivity contribution in [3.63, 3.8) is 0 Å². The minimum atomic E-state index is -0.470. The Morgan fingerprint density at radius 3 is 2.25 bits per heavy atom. The molecule has 2 nitrogen and oxygen atoms in total. The van der Waals surface area contributed by atoms with Gasteiger partial charge in [0.2, 0.25) is 0 Å². The van der Waals surface area contributed by atoms with Crippen molar-refractivity contribution in [2.24, 2.45) is 5.73 Å². The Morgan fingerprint density at radius 2 is 1.81 bits per heavy atom. The molecule has 0 radical (unpaired) electrons. The fourth-order valence-corrected chi connectivity index (χ4v) is 2.32. The Kier molecular flexibility index (Phi) is 5.56. The number of hydrogen-bond donors (Lipinski definition) is 2. The van der Waals surface area contributed by atoms with Gasteiger partial charge in [0.15, 0.2) is 0 Å². The molecule has 2 atom stereocenters. The van der Waals surface area contributed by atoms with E-state index in [9.17, 15) is 5.11 Å². The summed E-state index contributed by atoms with van der Waals surface area (Å²) in [4.78, 5) is 0. The molecule has 16 heavy (non-hydrogen) atoms. The van der Waals surface area contributed by atoms with Crippen molar-refractivity contribution in [1.29, 1.82) is 0 Å². The Bertz CT molecular complexity index is 324. The number of hydrogen-bond acceptors (Lipinski definition) is 2. The SMILES string of the molecule is CCC(CC(O)CN)c1cc(Cl)cc(Cl)c1. The van der Waals surface area contributed by atoms with Crippen molar-refractivity contribution in [3.8, 4) is 0 Å². The molecule has 0 saturated heterocycles. The van der Waals surface area contributed by atoms with Crippen molar-refractivity contribution >= 4 is 23.2 Å². The predicted molar refractivity (Wildman–Crippen MR) is 69.2 cm³/mol. The van der Waals surface area contributed by atoms with Crippen LogP contribution >= 0.6 is 23.2 Å². The second-order valence-corrected chi connectivity index (χ2v) is 4.81. The highest BCUT2D eigenvalue weighted by atomic mass is 35.5. The van der Waals surface area contributed by atoms with Crippen LogP contribution in [0.2, 0.25) is 10.0 Å². The average Bonchev–Trinajstić information content (AvgIpc) is 2.24. The molecule has 0 aromatic heterocycles. The van der Waals surface area contributed by atoms with E-state index in [1.54, 1.807) is 6.07 Å². The largest absolute Gasteiger partial charge is 0.392 e. The van der Waals surface area contributed by atoms with E-state index in [1.165, 1.54) is 0 Å². The van der Waals surface area contributed by atoms with Gasteiger partial charge in [0.05, 0.1) is 6.10 Å². The smallest absolute Gasteiger partial charge is 0.0668 e. The fourth-order valence-electron chi connectivity index (χ4n) is 1.77. The molecule has 3 N–H and O–H groups in total. The van der Waals surface area contributed by atoms with Gasteiger partial charge in [-0.1, -0.05) is 30.1 Å². The van der Waals surface area contributed by atoms with Gasteiger partial charge in [0, 0.05) is 16.6 Å². The lowest BCUT2D eigenvalue weighted by atomic mass is 9.91. The van der Waals surface area contributed by atoms with E-state index >= 15 is 0 Å². The summed E-state index contributed by atoms with van der Waals surface area (Å²) in [5, 5.41) is 10.8. The minimum absolute atomic E-state index is 0.245. The maximum absolute atomic E-state index is 9.57. The summed E-state index contributed by atoms with van der Waals surface area (Å²) in [5.41, 5.74) is 6.47. The quantitative estimate of drug-likeness (QED) is 0.855. The summed E-state index contributed by atoms with van der Waals surface area (Å²) in [7, 11) is 0. The molecule has 0 aliphatic rings. The molecule has 1 rings (SSSR count). The van der Waals surface area contributed by atoms with Crippen LogP contribution < -0.4 is 5.73 Å². The molecule has 1 aromatic carbocycles. The van der Waals surface area contributed by atoms with Gasteiger partial charge in [-0.2, -0.15) is 0 Å². The van der Waals surface area contributed by atoms with E-state index in [0.717, 1.165) is 12.0 Å². The topological polar surface area (TPSA) is 46.2 Å². The zero-order valence-electron chi connectivity index (χ0n) is 9.29. The fraction of sp³-hybridized carbons (Fsp3) is 0.500. The highest BCUT2D eigenvalue weighted by molar-refractivity contribution is 6.34. The zero-order chi connectivity index (χ0) is 12.1. The molecule has 0 bridgehead atoms. The number of aliphatic hydroxyl groups is 1. The first-order chi connectivity index (χ1) is 7.56. The number of halogens is 2. The molecule has 0 spiro atoms. The van der Waals surface area contributed by atoms with E-state index in [1.807, 2.05) is 12.1 Å². The number of aliphatic hydroxyl groups excluding tert-OH is 1. The minimum Gasteiger partial charge on any atom is -0.392 e. The van der Waals surface area contributed by atoms with Gasteiger partial charge in [0.25, 0.3) is 0 Å². The summed E-state index contributed by atoms with van der Waals surface area (Å²) in [6.45, 7) is 2.35. The van der Waals surface area contributed by atoms with E-state index in [4.69, 9.17) is 28.9 Å². The van der Waals surface area contributed by atoms with Crippen LogP contribution in [0.3, 0.4) is 0 Å². The van der Waals surface area contributed by atoms with Crippen LogP contribution in [0.5, 0.6) is 0 Å². The second kappa shape index (κ2) is 6.45. The average molecular weight is 262 g/mol. The van der Waals surface area contributed by atoms with Crippen molar-refractivity contribution in [2.45, 2.75) is 31.8 Å². The summed E-state index contributed by atoms with van der Waals surface area (Å²) < 4.78 is 0. The van der Waals surface area contributed by atoms with E-state index in [0.29, 0.717) is 16.5 Å². The van der Waals surface area contributed by atoms with Crippen LogP contribution in [0, 0.1) is 0 Å². The lowest BCUT2D eigenvalue weighted by Crippen LogP contribution is -2.22. The van der Waals surface area contributed by atoms with Gasteiger partial charge in [0.1, 0.15) is 0 Å². The predicted octanol–water partition coefficient (Wildman–Crippen LogP) is 3.20. The van der Waals surface area contributed by atoms with Crippen molar-refractivity contribution < 1.29 is 5.11 Å². The van der Waals surface area contributed by atoms with Gasteiger partial charge < -0.3 is 10.8 Å². The number of benzene rings is 1. The van der Waals surface area contributed by atoms with Crippen molar-refractivity contribution in [1.82, 2.24) is 0 Å². The Labute approximate surface area is 106 Å². The number of rotatable bonds is 5.